The predicted molar refractivity (Wildman–Crippen MR) is 96.6 cm³/mol. The lowest BCUT2D eigenvalue weighted by Crippen LogP contribution is -2.41. The molecule has 6 heteroatoms. The van der Waals surface area contributed by atoms with Gasteiger partial charge < -0.3 is 14.0 Å². The minimum Gasteiger partial charge on any atom is -0.399 e. The van der Waals surface area contributed by atoms with Gasteiger partial charge >= 0.3 is 7.12 Å². The number of nitrogens with zero attached hydrogens (tertiary/aromatic N) is 2. The van der Waals surface area contributed by atoms with E-state index in [0.29, 0.717) is 6.61 Å². The molecule has 0 spiro atoms. The summed E-state index contributed by atoms with van der Waals surface area (Å²) in [7, 11) is 1.36. The Morgan fingerprint density at radius 2 is 1.79 bits per heavy atom. The second-order valence-electron chi connectivity index (χ2n) is 8.23. The van der Waals surface area contributed by atoms with Crippen molar-refractivity contribution in [2.24, 2.45) is 0 Å². The molecule has 1 aromatic heterocycles. The van der Waals surface area contributed by atoms with Crippen LogP contribution in [0.2, 0.25) is 0 Å². The zero-order valence-corrected chi connectivity index (χ0v) is 15.7. The van der Waals surface area contributed by atoms with Gasteiger partial charge in [0.25, 0.3) is 0 Å². The maximum absolute atomic E-state index is 6.14. The fourth-order valence-electron chi connectivity index (χ4n) is 2.90. The molecule has 1 aliphatic heterocycles. The largest absolute Gasteiger partial charge is 0.494 e. The average molecular weight is 330 g/mol. The van der Waals surface area contributed by atoms with Gasteiger partial charge in [-0.2, -0.15) is 5.10 Å². The third-order valence-corrected chi connectivity index (χ3v) is 5.17. The lowest BCUT2D eigenvalue weighted by molar-refractivity contribution is 0.00578. The first-order valence-corrected chi connectivity index (χ1v) is 8.40. The zero-order valence-electron chi connectivity index (χ0n) is 15.7. The van der Waals surface area contributed by atoms with E-state index in [1.165, 1.54) is 0 Å². The van der Waals surface area contributed by atoms with E-state index >= 15 is 0 Å². The van der Waals surface area contributed by atoms with Crippen molar-refractivity contribution in [1.29, 1.82) is 0 Å². The smallest absolute Gasteiger partial charge is 0.399 e. The Kier molecular flexibility index (Phi) is 4.06. The van der Waals surface area contributed by atoms with Crippen molar-refractivity contribution in [2.45, 2.75) is 58.3 Å². The number of benzene rings is 1. The van der Waals surface area contributed by atoms with E-state index in [2.05, 4.69) is 58.9 Å². The molecule has 1 aromatic carbocycles. The maximum Gasteiger partial charge on any atom is 0.494 e. The van der Waals surface area contributed by atoms with Crippen molar-refractivity contribution >= 4 is 23.5 Å². The van der Waals surface area contributed by atoms with Gasteiger partial charge in [0, 0.05) is 18.7 Å². The van der Waals surface area contributed by atoms with Crippen LogP contribution in [0.25, 0.3) is 10.9 Å². The average Bonchev–Trinajstić information content (AvgIpc) is 2.97. The molecule has 1 aliphatic rings. The van der Waals surface area contributed by atoms with E-state index in [9.17, 15) is 0 Å². The van der Waals surface area contributed by atoms with Gasteiger partial charge in [-0.3, -0.25) is 4.68 Å². The third-order valence-electron chi connectivity index (χ3n) is 5.17. The van der Waals surface area contributed by atoms with E-state index in [-0.39, 0.29) is 23.9 Å². The maximum atomic E-state index is 6.14. The van der Waals surface area contributed by atoms with Gasteiger partial charge in [-0.15, -0.1) is 0 Å². The molecule has 2 aromatic rings. The molecule has 0 atom stereocenters. The minimum atomic E-state index is -0.352. The summed E-state index contributed by atoms with van der Waals surface area (Å²) in [5, 5.41) is 5.76. The van der Waals surface area contributed by atoms with Crippen molar-refractivity contribution in [3.63, 3.8) is 0 Å². The molecule has 2 heterocycles. The van der Waals surface area contributed by atoms with Gasteiger partial charge in [0.2, 0.25) is 0 Å². The summed E-state index contributed by atoms with van der Waals surface area (Å²) in [5.74, 6) is 0. The predicted octanol–water partition coefficient (Wildman–Crippen LogP) is 2.72. The van der Waals surface area contributed by atoms with E-state index in [1.807, 2.05) is 16.8 Å². The van der Waals surface area contributed by atoms with Gasteiger partial charge in [-0.05, 0) is 53.1 Å². The molecular weight excluding hydrogens is 303 g/mol. The first-order valence-electron chi connectivity index (χ1n) is 8.40. The Bertz CT molecular complexity index is 736. The van der Waals surface area contributed by atoms with Crippen molar-refractivity contribution in [2.75, 3.05) is 13.7 Å². The molecule has 5 nitrogen and oxygen atoms in total. The van der Waals surface area contributed by atoms with Gasteiger partial charge in [0.15, 0.2) is 0 Å². The zero-order chi connectivity index (χ0) is 17.8. The van der Waals surface area contributed by atoms with Crippen LogP contribution in [0.4, 0.5) is 0 Å². The molecule has 0 aliphatic carbocycles. The Morgan fingerprint density at radius 3 is 2.38 bits per heavy atom. The summed E-state index contributed by atoms with van der Waals surface area (Å²) in [6, 6.07) is 6.16. The Labute approximate surface area is 144 Å². The van der Waals surface area contributed by atoms with Gasteiger partial charge in [-0.25, -0.2) is 0 Å². The molecule has 0 saturated carbocycles. The van der Waals surface area contributed by atoms with Crippen molar-refractivity contribution in [1.82, 2.24) is 9.78 Å². The number of hydrogen-bond donors (Lipinski definition) is 0. The fraction of sp³-hybridized carbons (Fsp3) is 0.611. The number of ether oxygens (including phenoxy) is 1. The number of rotatable bonds is 4. The van der Waals surface area contributed by atoms with Crippen LogP contribution in [-0.4, -0.2) is 41.8 Å². The number of hydrogen-bond acceptors (Lipinski definition) is 4. The summed E-state index contributed by atoms with van der Waals surface area (Å²) in [6.07, 6.45) is 2.06. The van der Waals surface area contributed by atoms with Crippen molar-refractivity contribution < 1.29 is 14.0 Å². The SMILES string of the molecule is COCC(C)(C)n1cc2cc(B3OC(C)(C)C(C)(C)O3)ccc2n1. The van der Waals surface area contributed by atoms with Gasteiger partial charge in [0.05, 0.1) is 28.9 Å². The number of methoxy groups -OCH3 is 1. The Balaban J connectivity index is 1.93. The highest BCUT2D eigenvalue weighted by molar-refractivity contribution is 6.62. The standard InChI is InChI=1S/C18H27BN2O3/c1-16(2,12-22-7)21-11-13-10-14(8-9-15(13)20-21)19-23-17(3,4)18(5,6)24-19/h8-11H,12H2,1-7H3. The topological polar surface area (TPSA) is 45.5 Å². The summed E-state index contributed by atoms with van der Waals surface area (Å²) in [5.41, 5.74) is 1.11. The van der Waals surface area contributed by atoms with E-state index in [0.717, 1.165) is 16.4 Å². The Hall–Kier alpha value is -1.37. The molecule has 130 valence electrons. The molecule has 0 radical (unpaired) electrons. The van der Waals surface area contributed by atoms with Crippen LogP contribution in [0, 0.1) is 0 Å². The minimum absolute atomic E-state index is 0.196. The highest BCUT2D eigenvalue weighted by atomic mass is 16.7. The van der Waals surface area contributed by atoms with E-state index < -0.39 is 0 Å². The van der Waals surface area contributed by atoms with Crippen LogP contribution in [0.3, 0.4) is 0 Å². The molecule has 0 unspecified atom stereocenters. The molecule has 1 fully saturated rings. The Morgan fingerprint density at radius 1 is 1.17 bits per heavy atom. The van der Waals surface area contributed by atoms with Gasteiger partial charge in [0.1, 0.15) is 0 Å². The molecule has 0 amide bonds. The molecular formula is C18H27BN2O3. The second kappa shape index (κ2) is 5.58. The lowest BCUT2D eigenvalue weighted by Gasteiger charge is -2.32. The van der Waals surface area contributed by atoms with Crippen molar-refractivity contribution in [3.8, 4) is 0 Å². The van der Waals surface area contributed by atoms with Crippen LogP contribution in [0.5, 0.6) is 0 Å². The first kappa shape index (κ1) is 17.5. The molecule has 0 N–H and O–H groups in total. The normalized spacial score (nSPS) is 20.0. The summed E-state index contributed by atoms with van der Waals surface area (Å²) >= 11 is 0. The van der Waals surface area contributed by atoms with Crippen molar-refractivity contribution in [3.05, 3.63) is 24.4 Å². The van der Waals surface area contributed by atoms with Crippen LogP contribution in [0.1, 0.15) is 41.5 Å². The molecule has 3 rings (SSSR count). The number of aromatic nitrogens is 2. The summed E-state index contributed by atoms with van der Waals surface area (Å²) in [6.45, 7) is 13.1. The highest BCUT2D eigenvalue weighted by Crippen LogP contribution is 2.36. The van der Waals surface area contributed by atoms with Crippen LogP contribution in [-0.2, 0) is 19.6 Å². The quantitative estimate of drug-likeness (QED) is 0.809. The summed E-state index contributed by atoms with van der Waals surface area (Å²) in [4.78, 5) is 0. The molecule has 1 saturated heterocycles. The van der Waals surface area contributed by atoms with Gasteiger partial charge in [-0.1, -0.05) is 12.1 Å². The van der Waals surface area contributed by atoms with Crippen LogP contribution < -0.4 is 5.46 Å². The lowest BCUT2D eigenvalue weighted by atomic mass is 9.79. The molecule has 0 bridgehead atoms. The van der Waals surface area contributed by atoms with Crippen LogP contribution >= 0.6 is 0 Å². The first-order chi connectivity index (χ1) is 11.1. The monoisotopic (exact) mass is 330 g/mol. The second-order valence-corrected chi connectivity index (χ2v) is 8.23. The summed E-state index contributed by atoms with van der Waals surface area (Å²) < 4.78 is 19.6. The van der Waals surface area contributed by atoms with E-state index in [4.69, 9.17) is 14.0 Å². The third kappa shape index (κ3) is 2.87. The fourth-order valence-corrected chi connectivity index (χ4v) is 2.90. The van der Waals surface area contributed by atoms with E-state index in [1.54, 1.807) is 7.11 Å². The highest BCUT2D eigenvalue weighted by Gasteiger charge is 2.51. The molecule has 24 heavy (non-hydrogen) atoms. The van der Waals surface area contributed by atoms with Crippen LogP contribution in [0.15, 0.2) is 24.4 Å². The number of fused-ring (bicyclic) bond motifs is 1.